The van der Waals surface area contributed by atoms with Crippen molar-refractivity contribution >= 4 is 12.4 Å². The fourth-order valence-corrected chi connectivity index (χ4v) is 1.51. The number of nitrogens with one attached hydrogen (secondary N) is 2. The van der Waals surface area contributed by atoms with Crippen LogP contribution in [0.15, 0.2) is 0 Å². The predicted molar refractivity (Wildman–Crippen MR) is 41.1 cm³/mol. The highest BCUT2D eigenvalue weighted by Crippen LogP contribution is 2.16. The van der Waals surface area contributed by atoms with Gasteiger partial charge in [0.15, 0.2) is 0 Å². The van der Waals surface area contributed by atoms with Crippen LogP contribution in [0.5, 0.6) is 0 Å². The molecule has 2 N–H and O–H groups in total. The zero-order valence-corrected chi connectivity index (χ0v) is 6.62. The molecule has 0 aromatic carbocycles. The van der Waals surface area contributed by atoms with E-state index in [9.17, 15) is 0 Å². The molecule has 0 spiro atoms. The SMILES string of the molecule is C1CC2NNCC2CO1.Cl. The Morgan fingerprint density at radius 3 is 3.10 bits per heavy atom. The standard InChI is InChI=1S/C6H12N2O.ClH/c1-2-9-4-5-3-7-8-6(1)5;/h5-8H,1-4H2;1H. The van der Waals surface area contributed by atoms with Gasteiger partial charge in [-0.2, -0.15) is 0 Å². The average molecular weight is 165 g/mol. The summed E-state index contributed by atoms with van der Waals surface area (Å²) in [6.07, 6.45) is 1.16. The van der Waals surface area contributed by atoms with Gasteiger partial charge in [0.2, 0.25) is 0 Å². The molecule has 0 bridgehead atoms. The van der Waals surface area contributed by atoms with Crippen LogP contribution in [0.2, 0.25) is 0 Å². The maximum atomic E-state index is 5.30. The summed E-state index contributed by atoms with van der Waals surface area (Å²) in [4.78, 5) is 0. The first-order chi connectivity index (χ1) is 4.47. The van der Waals surface area contributed by atoms with Gasteiger partial charge in [0.1, 0.15) is 0 Å². The van der Waals surface area contributed by atoms with Crippen LogP contribution >= 0.6 is 12.4 Å². The maximum absolute atomic E-state index is 5.30. The fraction of sp³-hybridized carbons (Fsp3) is 1.00. The number of hydrogen-bond donors (Lipinski definition) is 2. The number of ether oxygens (including phenoxy) is 1. The van der Waals surface area contributed by atoms with Crippen LogP contribution in [0.4, 0.5) is 0 Å². The molecular formula is C6H13ClN2O. The van der Waals surface area contributed by atoms with E-state index in [1.54, 1.807) is 0 Å². The van der Waals surface area contributed by atoms with Gasteiger partial charge in [-0.3, -0.25) is 10.9 Å². The predicted octanol–water partition coefficient (Wildman–Crippen LogP) is -0.0789. The molecular weight excluding hydrogens is 152 g/mol. The summed E-state index contributed by atoms with van der Waals surface area (Å²) in [5.74, 6) is 0.721. The van der Waals surface area contributed by atoms with Gasteiger partial charge in [-0.15, -0.1) is 12.4 Å². The molecule has 2 aliphatic heterocycles. The number of hydrazine groups is 1. The summed E-state index contributed by atoms with van der Waals surface area (Å²) in [5, 5.41) is 0. The van der Waals surface area contributed by atoms with Gasteiger partial charge in [-0.25, -0.2) is 0 Å². The molecule has 2 fully saturated rings. The molecule has 2 atom stereocenters. The van der Waals surface area contributed by atoms with Crippen molar-refractivity contribution in [2.75, 3.05) is 19.8 Å². The maximum Gasteiger partial charge on any atom is 0.0522 e. The zero-order valence-electron chi connectivity index (χ0n) is 5.80. The lowest BCUT2D eigenvalue weighted by Gasteiger charge is -2.23. The van der Waals surface area contributed by atoms with Gasteiger partial charge in [-0.05, 0) is 6.42 Å². The normalized spacial score (nSPS) is 38.4. The van der Waals surface area contributed by atoms with Gasteiger partial charge >= 0.3 is 0 Å². The molecule has 2 aliphatic rings. The van der Waals surface area contributed by atoms with E-state index in [1.807, 2.05) is 0 Å². The molecule has 0 aromatic heterocycles. The van der Waals surface area contributed by atoms with Crippen molar-refractivity contribution in [3.63, 3.8) is 0 Å². The lowest BCUT2D eigenvalue weighted by Crippen LogP contribution is -2.36. The first-order valence-corrected chi connectivity index (χ1v) is 3.53. The number of rotatable bonds is 0. The third-order valence-corrected chi connectivity index (χ3v) is 2.13. The first kappa shape index (κ1) is 8.27. The first-order valence-electron chi connectivity index (χ1n) is 3.53. The molecule has 0 saturated carbocycles. The van der Waals surface area contributed by atoms with Crippen molar-refractivity contribution in [3.8, 4) is 0 Å². The Bertz CT molecular complexity index is 99.9. The smallest absolute Gasteiger partial charge is 0.0522 e. The van der Waals surface area contributed by atoms with Crippen LogP contribution in [0.1, 0.15) is 6.42 Å². The zero-order chi connectivity index (χ0) is 6.10. The van der Waals surface area contributed by atoms with E-state index < -0.39 is 0 Å². The molecule has 0 aromatic rings. The van der Waals surface area contributed by atoms with Crippen molar-refractivity contribution < 1.29 is 4.74 Å². The molecule has 4 heteroatoms. The molecule has 0 aliphatic carbocycles. The van der Waals surface area contributed by atoms with E-state index >= 15 is 0 Å². The molecule has 2 unspecified atom stereocenters. The van der Waals surface area contributed by atoms with Gasteiger partial charge in [0.25, 0.3) is 0 Å². The van der Waals surface area contributed by atoms with Crippen LogP contribution in [-0.2, 0) is 4.74 Å². The van der Waals surface area contributed by atoms with Crippen molar-refractivity contribution in [3.05, 3.63) is 0 Å². The lowest BCUT2D eigenvalue weighted by molar-refractivity contribution is 0.0516. The van der Waals surface area contributed by atoms with Crippen LogP contribution in [-0.4, -0.2) is 25.8 Å². The Morgan fingerprint density at radius 1 is 1.40 bits per heavy atom. The van der Waals surface area contributed by atoms with Crippen LogP contribution < -0.4 is 10.9 Å². The van der Waals surface area contributed by atoms with Gasteiger partial charge in [-0.1, -0.05) is 0 Å². The lowest BCUT2D eigenvalue weighted by atomic mass is 9.99. The van der Waals surface area contributed by atoms with E-state index in [1.165, 1.54) is 0 Å². The molecule has 10 heavy (non-hydrogen) atoms. The Morgan fingerprint density at radius 2 is 2.30 bits per heavy atom. The summed E-state index contributed by atoms with van der Waals surface area (Å²) in [6.45, 7) is 2.94. The molecule has 0 amide bonds. The quantitative estimate of drug-likeness (QED) is 0.526. The fourth-order valence-electron chi connectivity index (χ4n) is 1.51. The molecule has 60 valence electrons. The van der Waals surface area contributed by atoms with Crippen molar-refractivity contribution in [2.45, 2.75) is 12.5 Å². The van der Waals surface area contributed by atoms with Crippen LogP contribution in [0.25, 0.3) is 0 Å². The minimum Gasteiger partial charge on any atom is -0.381 e. The summed E-state index contributed by atoms with van der Waals surface area (Å²) < 4.78 is 5.30. The Hall–Kier alpha value is 0.170. The molecule has 3 nitrogen and oxygen atoms in total. The van der Waals surface area contributed by atoms with Gasteiger partial charge in [0, 0.05) is 25.1 Å². The van der Waals surface area contributed by atoms with Gasteiger partial charge < -0.3 is 4.74 Å². The highest BCUT2D eigenvalue weighted by Gasteiger charge is 2.29. The van der Waals surface area contributed by atoms with E-state index in [4.69, 9.17) is 4.74 Å². The molecule has 2 rings (SSSR count). The van der Waals surface area contributed by atoms with Crippen molar-refractivity contribution in [1.82, 2.24) is 10.9 Å². The Balaban J connectivity index is 0.000000500. The van der Waals surface area contributed by atoms with Gasteiger partial charge in [0.05, 0.1) is 6.61 Å². The third kappa shape index (κ3) is 1.42. The van der Waals surface area contributed by atoms with Crippen molar-refractivity contribution in [2.24, 2.45) is 5.92 Å². The molecule has 2 saturated heterocycles. The van der Waals surface area contributed by atoms with E-state index in [2.05, 4.69) is 10.9 Å². The number of hydrogen-bond acceptors (Lipinski definition) is 3. The summed E-state index contributed by atoms with van der Waals surface area (Å²) in [6, 6.07) is 0.679. The average Bonchev–Trinajstić information content (AvgIpc) is 2.33. The second-order valence-electron chi connectivity index (χ2n) is 2.76. The number of fused-ring (bicyclic) bond motifs is 1. The Labute approximate surface area is 66.9 Å². The van der Waals surface area contributed by atoms with E-state index in [0.29, 0.717) is 6.04 Å². The third-order valence-electron chi connectivity index (χ3n) is 2.13. The van der Waals surface area contributed by atoms with E-state index in [-0.39, 0.29) is 12.4 Å². The van der Waals surface area contributed by atoms with Crippen LogP contribution in [0.3, 0.4) is 0 Å². The van der Waals surface area contributed by atoms with E-state index in [0.717, 1.165) is 32.1 Å². The summed E-state index contributed by atoms with van der Waals surface area (Å²) >= 11 is 0. The largest absolute Gasteiger partial charge is 0.381 e. The van der Waals surface area contributed by atoms with Crippen LogP contribution in [0, 0.1) is 5.92 Å². The highest BCUT2D eigenvalue weighted by molar-refractivity contribution is 5.85. The second-order valence-corrected chi connectivity index (χ2v) is 2.76. The monoisotopic (exact) mass is 164 g/mol. The van der Waals surface area contributed by atoms with Crippen molar-refractivity contribution in [1.29, 1.82) is 0 Å². The summed E-state index contributed by atoms with van der Waals surface area (Å²) in [7, 11) is 0. The Kier molecular flexibility index (Phi) is 2.92. The minimum atomic E-state index is 0. The highest BCUT2D eigenvalue weighted by atomic mass is 35.5. The second kappa shape index (κ2) is 3.53. The molecule has 2 heterocycles. The molecule has 0 radical (unpaired) electrons. The topological polar surface area (TPSA) is 33.3 Å². The number of halogens is 1. The summed E-state index contributed by atoms with van der Waals surface area (Å²) in [5.41, 5.74) is 6.36. The minimum absolute atomic E-state index is 0.